The molecule has 2 heterocycles. The van der Waals surface area contributed by atoms with Crippen LogP contribution >= 0.6 is 0 Å². The third kappa shape index (κ3) is 1.62. The van der Waals surface area contributed by atoms with E-state index in [4.69, 9.17) is 9.57 Å². The average Bonchev–Trinajstić information content (AvgIpc) is 2.88. The zero-order chi connectivity index (χ0) is 11.7. The van der Waals surface area contributed by atoms with Crippen molar-refractivity contribution in [2.75, 3.05) is 13.2 Å². The van der Waals surface area contributed by atoms with Crippen LogP contribution in [0.3, 0.4) is 0 Å². The van der Waals surface area contributed by atoms with Gasteiger partial charge >= 0.3 is 0 Å². The molecule has 2 fully saturated rings. The van der Waals surface area contributed by atoms with Crippen LogP contribution in [0.1, 0.15) is 18.1 Å². The van der Waals surface area contributed by atoms with Gasteiger partial charge in [-0.15, -0.1) is 6.58 Å². The Morgan fingerprint density at radius 1 is 1.35 bits per heavy atom. The first-order chi connectivity index (χ1) is 8.37. The zero-order valence-electron chi connectivity index (χ0n) is 9.76. The maximum Gasteiger partial charge on any atom is 0.104 e. The van der Waals surface area contributed by atoms with Gasteiger partial charge in [-0.2, -0.15) is 5.48 Å². The third-order valence-corrected chi connectivity index (χ3v) is 3.79. The van der Waals surface area contributed by atoms with Crippen molar-refractivity contribution in [2.45, 2.75) is 18.1 Å². The maximum absolute atomic E-state index is 5.97. The number of hydrogen-bond donors (Lipinski definition) is 1. The molecule has 0 saturated carbocycles. The molecule has 2 saturated heterocycles. The second-order valence-corrected chi connectivity index (χ2v) is 4.77. The van der Waals surface area contributed by atoms with Crippen molar-refractivity contribution >= 4 is 0 Å². The third-order valence-electron chi connectivity index (χ3n) is 3.79. The first-order valence-electron chi connectivity index (χ1n) is 6.03. The van der Waals surface area contributed by atoms with Gasteiger partial charge in [0.1, 0.15) is 6.10 Å². The quantitative estimate of drug-likeness (QED) is 0.809. The molecule has 3 heteroatoms. The van der Waals surface area contributed by atoms with Gasteiger partial charge < -0.3 is 9.57 Å². The van der Waals surface area contributed by atoms with Crippen LogP contribution in [0, 0.1) is 5.92 Å². The molecule has 1 aromatic rings. The summed E-state index contributed by atoms with van der Waals surface area (Å²) in [4.78, 5) is 5.44. The summed E-state index contributed by atoms with van der Waals surface area (Å²) in [5.74, 6) is 0.408. The molecule has 0 unspecified atom stereocenters. The highest BCUT2D eigenvalue weighted by atomic mass is 16.7. The number of rotatable bonds is 3. The molecular formula is C14H17NO2. The minimum Gasteiger partial charge on any atom is -0.371 e. The Bertz CT molecular complexity index is 406. The summed E-state index contributed by atoms with van der Waals surface area (Å²) in [7, 11) is 0. The molecule has 0 radical (unpaired) electrons. The summed E-state index contributed by atoms with van der Waals surface area (Å²) in [6.45, 7) is 5.33. The second kappa shape index (κ2) is 4.26. The van der Waals surface area contributed by atoms with E-state index in [1.54, 1.807) is 0 Å². The molecule has 1 N–H and O–H groups in total. The van der Waals surface area contributed by atoms with E-state index in [1.807, 2.05) is 24.3 Å². The predicted molar refractivity (Wildman–Crippen MR) is 65.3 cm³/mol. The van der Waals surface area contributed by atoms with Gasteiger partial charge in [0, 0.05) is 5.92 Å². The monoisotopic (exact) mass is 231 g/mol. The van der Waals surface area contributed by atoms with E-state index in [2.05, 4.69) is 24.2 Å². The van der Waals surface area contributed by atoms with Crippen molar-refractivity contribution in [3.8, 4) is 0 Å². The Morgan fingerprint density at radius 3 is 2.94 bits per heavy atom. The SMILES string of the molecule is C=CC[C@]12NOC[C@H]1CO[C@@H]2c1ccccc1. The van der Waals surface area contributed by atoms with Crippen LogP contribution in [-0.2, 0) is 9.57 Å². The van der Waals surface area contributed by atoms with E-state index in [0.29, 0.717) is 5.92 Å². The molecule has 0 spiro atoms. The van der Waals surface area contributed by atoms with Crippen molar-refractivity contribution in [1.29, 1.82) is 0 Å². The van der Waals surface area contributed by atoms with Gasteiger partial charge in [0.25, 0.3) is 0 Å². The van der Waals surface area contributed by atoms with Crippen LogP contribution in [-0.4, -0.2) is 18.8 Å². The Labute approximate surface area is 101 Å². The van der Waals surface area contributed by atoms with Gasteiger partial charge in [0.2, 0.25) is 0 Å². The predicted octanol–water partition coefficient (Wildman–Crippen LogP) is 2.22. The van der Waals surface area contributed by atoms with Crippen LogP contribution in [0.4, 0.5) is 0 Å². The largest absolute Gasteiger partial charge is 0.371 e. The molecule has 2 aliphatic rings. The van der Waals surface area contributed by atoms with E-state index >= 15 is 0 Å². The number of ether oxygens (including phenoxy) is 1. The second-order valence-electron chi connectivity index (χ2n) is 4.77. The Kier molecular flexibility index (Phi) is 2.74. The van der Waals surface area contributed by atoms with Crippen LogP contribution in [0.5, 0.6) is 0 Å². The molecule has 1 aromatic carbocycles. The van der Waals surface area contributed by atoms with E-state index in [1.165, 1.54) is 5.56 Å². The maximum atomic E-state index is 5.97. The summed E-state index contributed by atoms with van der Waals surface area (Å²) in [6.07, 6.45) is 2.85. The fourth-order valence-electron chi connectivity index (χ4n) is 2.91. The van der Waals surface area contributed by atoms with Crippen LogP contribution in [0.2, 0.25) is 0 Å². The van der Waals surface area contributed by atoms with Crippen LogP contribution in [0.15, 0.2) is 43.0 Å². The van der Waals surface area contributed by atoms with Crippen molar-refractivity contribution in [2.24, 2.45) is 5.92 Å². The van der Waals surface area contributed by atoms with Gasteiger partial charge in [-0.05, 0) is 12.0 Å². The lowest BCUT2D eigenvalue weighted by molar-refractivity contribution is -0.0146. The molecule has 3 atom stereocenters. The summed E-state index contributed by atoms with van der Waals surface area (Å²) in [5, 5.41) is 0. The zero-order valence-corrected chi connectivity index (χ0v) is 9.76. The fourth-order valence-corrected chi connectivity index (χ4v) is 2.91. The first kappa shape index (κ1) is 11.0. The van der Waals surface area contributed by atoms with E-state index in [9.17, 15) is 0 Å². The molecular weight excluding hydrogens is 214 g/mol. The summed E-state index contributed by atoms with van der Waals surface area (Å²) in [6, 6.07) is 10.3. The highest BCUT2D eigenvalue weighted by molar-refractivity contribution is 5.25. The highest BCUT2D eigenvalue weighted by Crippen LogP contribution is 2.46. The molecule has 3 rings (SSSR count). The van der Waals surface area contributed by atoms with E-state index < -0.39 is 0 Å². The molecule has 0 amide bonds. The normalized spacial score (nSPS) is 35.8. The molecule has 90 valence electrons. The van der Waals surface area contributed by atoms with Gasteiger partial charge in [0.15, 0.2) is 0 Å². The number of nitrogens with one attached hydrogen (secondary N) is 1. The number of hydroxylamine groups is 1. The molecule has 0 aliphatic carbocycles. The lowest BCUT2D eigenvalue weighted by Gasteiger charge is -2.31. The van der Waals surface area contributed by atoms with Gasteiger partial charge in [-0.25, -0.2) is 0 Å². The summed E-state index contributed by atoms with van der Waals surface area (Å²) in [5.41, 5.74) is 4.25. The lowest BCUT2D eigenvalue weighted by Crippen LogP contribution is -2.46. The minimum absolute atomic E-state index is 0.0502. The van der Waals surface area contributed by atoms with Crippen molar-refractivity contribution in [3.05, 3.63) is 48.6 Å². The minimum atomic E-state index is -0.136. The molecule has 0 aromatic heterocycles. The van der Waals surface area contributed by atoms with Crippen molar-refractivity contribution in [1.82, 2.24) is 5.48 Å². The molecule has 0 bridgehead atoms. The van der Waals surface area contributed by atoms with E-state index in [0.717, 1.165) is 19.6 Å². The van der Waals surface area contributed by atoms with Crippen LogP contribution < -0.4 is 5.48 Å². The summed E-state index contributed by atoms with van der Waals surface area (Å²) >= 11 is 0. The smallest absolute Gasteiger partial charge is 0.104 e. The standard InChI is InChI=1S/C14H17NO2/c1-2-8-14-12(10-17-15-14)9-16-13(14)11-6-4-3-5-7-11/h2-7,12-13,15H,1,8-10H2/t12-,13-,14+/m1/s1. The van der Waals surface area contributed by atoms with Gasteiger partial charge in [0.05, 0.1) is 18.8 Å². The Balaban J connectivity index is 1.97. The van der Waals surface area contributed by atoms with Gasteiger partial charge in [-0.1, -0.05) is 36.4 Å². The van der Waals surface area contributed by atoms with Crippen LogP contribution in [0.25, 0.3) is 0 Å². The Hall–Kier alpha value is -1.16. The molecule has 17 heavy (non-hydrogen) atoms. The van der Waals surface area contributed by atoms with Crippen molar-refractivity contribution < 1.29 is 9.57 Å². The number of benzene rings is 1. The Morgan fingerprint density at radius 2 is 2.18 bits per heavy atom. The van der Waals surface area contributed by atoms with E-state index in [-0.39, 0.29) is 11.6 Å². The molecule has 2 aliphatic heterocycles. The summed E-state index contributed by atoms with van der Waals surface area (Å²) < 4.78 is 5.97. The number of hydrogen-bond acceptors (Lipinski definition) is 3. The molecule has 3 nitrogen and oxygen atoms in total. The number of fused-ring (bicyclic) bond motifs is 1. The van der Waals surface area contributed by atoms with Crippen molar-refractivity contribution in [3.63, 3.8) is 0 Å². The topological polar surface area (TPSA) is 30.5 Å². The average molecular weight is 231 g/mol. The lowest BCUT2D eigenvalue weighted by atomic mass is 9.78. The van der Waals surface area contributed by atoms with Gasteiger partial charge in [-0.3, -0.25) is 0 Å². The highest BCUT2D eigenvalue weighted by Gasteiger charge is 2.55. The fraction of sp³-hybridized carbons (Fsp3) is 0.429. The first-order valence-corrected chi connectivity index (χ1v) is 6.03.